The molecule has 6 nitrogen and oxygen atoms in total. The Morgan fingerprint density at radius 1 is 1.10 bits per heavy atom. The van der Waals surface area contributed by atoms with Crippen LogP contribution in [-0.2, 0) is 14.3 Å². The topological polar surface area (TPSA) is 68.2 Å². The molecule has 29 heavy (non-hydrogen) atoms. The van der Waals surface area contributed by atoms with Crippen LogP contribution in [0.3, 0.4) is 0 Å². The van der Waals surface area contributed by atoms with E-state index in [4.69, 9.17) is 4.74 Å². The lowest BCUT2D eigenvalue weighted by Crippen LogP contribution is -2.29. The SMILES string of the molecule is COC(=O)CSCC(=O)N1N=C(c2ccc(Br)cc2)C[C@H]1c1ccc(OC)cc1. The van der Waals surface area contributed by atoms with Gasteiger partial charge < -0.3 is 9.47 Å². The van der Waals surface area contributed by atoms with Gasteiger partial charge in [-0.15, -0.1) is 11.8 Å². The number of hydrogen-bond donors (Lipinski definition) is 0. The van der Waals surface area contributed by atoms with Gasteiger partial charge in [0.1, 0.15) is 5.75 Å². The first-order chi connectivity index (χ1) is 14.0. The Morgan fingerprint density at radius 3 is 2.41 bits per heavy atom. The highest BCUT2D eigenvalue weighted by atomic mass is 79.9. The molecule has 152 valence electrons. The summed E-state index contributed by atoms with van der Waals surface area (Å²) >= 11 is 4.66. The van der Waals surface area contributed by atoms with Gasteiger partial charge in [0, 0.05) is 10.9 Å². The predicted octanol–water partition coefficient (Wildman–Crippen LogP) is 4.04. The minimum absolute atomic E-state index is 0.132. The number of ether oxygens (including phenoxy) is 2. The first kappa shape index (κ1) is 21.4. The van der Waals surface area contributed by atoms with Gasteiger partial charge in [-0.25, -0.2) is 5.01 Å². The number of carbonyl (C=O) groups is 2. The molecule has 1 aliphatic heterocycles. The van der Waals surface area contributed by atoms with Crippen molar-refractivity contribution in [3.05, 3.63) is 64.1 Å². The normalized spacial score (nSPS) is 15.8. The molecule has 0 aromatic heterocycles. The van der Waals surface area contributed by atoms with Crippen molar-refractivity contribution in [2.45, 2.75) is 12.5 Å². The molecule has 8 heteroatoms. The predicted molar refractivity (Wildman–Crippen MR) is 117 cm³/mol. The average Bonchev–Trinajstić information content (AvgIpc) is 3.19. The van der Waals surface area contributed by atoms with Crippen LogP contribution < -0.4 is 4.74 Å². The number of benzene rings is 2. The lowest BCUT2D eigenvalue weighted by molar-refractivity contribution is -0.137. The van der Waals surface area contributed by atoms with Crippen LogP contribution in [0.2, 0.25) is 0 Å². The van der Waals surface area contributed by atoms with E-state index in [9.17, 15) is 9.59 Å². The molecule has 0 spiro atoms. The van der Waals surface area contributed by atoms with Crippen LogP contribution in [0.5, 0.6) is 5.75 Å². The van der Waals surface area contributed by atoms with Crippen LogP contribution in [0.4, 0.5) is 0 Å². The number of hydrazone groups is 1. The van der Waals surface area contributed by atoms with Gasteiger partial charge >= 0.3 is 5.97 Å². The molecule has 0 saturated heterocycles. The summed E-state index contributed by atoms with van der Waals surface area (Å²) in [5.74, 6) is 0.542. The van der Waals surface area contributed by atoms with Crippen molar-refractivity contribution < 1.29 is 19.1 Å². The molecule has 1 amide bonds. The Kier molecular flexibility index (Phi) is 7.33. The molecule has 0 N–H and O–H groups in total. The molecule has 1 heterocycles. The number of nitrogens with zero attached hydrogens (tertiary/aromatic N) is 2. The van der Waals surface area contributed by atoms with E-state index >= 15 is 0 Å². The maximum absolute atomic E-state index is 12.9. The standard InChI is InChI=1S/C21H21BrN2O4S/c1-27-17-9-5-15(6-10-17)19-11-18(14-3-7-16(22)8-4-14)23-24(19)20(25)12-29-13-21(26)28-2/h3-10,19H,11-13H2,1-2H3/t19-/m0/s1. The van der Waals surface area contributed by atoms with Crippen LogP contribution in [-0.4, -0.2) is 48.3 Å². The van der Waals surface area contributed by atoms with E-state index in [2.05, 4.69) is 25.8 Å². The summed E-state index contributed by atoms with van der Waals surface area (Å²) in [6, 6.07) is 15.3. The fraction of sp³-hybridized carbons (Fsp3) is 0.286. The number of carbonyl (C=O) groups excluding carboxylic acids is 2. The quantitative estimate of drug-likeness (QED) is 0.564. The first-order valence-electron chi connectivity index (χ1n) is 8.96. The largest absolute Gasteiger partial charge is 0.497 e. The summed E-state index contributed by atoms with van der Waals surface area (Å²) in [5, 5.41) is 6.16. The molecule has 0 radical (unpaired) electrons. The Morgan fingerprint density at radius 2 is 1.79 bits per heavy atom. The second-order valence-corrected chi connectivity index (χ2v) is 8.26. The van der Waals surface area contributed by atoms with Crippen LogP contribution >= 0.6 is 27.7 Å². The molecular weight excluding hydrogens is 456 g/mol. The second kappa shape index (κ2) is 9.93. The van der Waals surface area contributed by atoms with Crippen LogP contribution in [0, 0.1) is 0 Å². The number of esters is 1. The molecule has 0 bridgehead atoms. The monoisotopic (exact) mass is 476 g/mol. The summed E-state index contributed by atoms with van der Waals surface area (Å²) in [6.45, 7) is 0. The van der Waals surface area contributed by atoms with E-state index in [0.29, 0.717) is 6.42 Å². The Hall–Kier alpha value is -2.32. The molecule has 0 unspecified atom stereocenters. The van der Waals surface area contributed by atoms with Crippen LogP contribution in [0.25, 0.3) is 0 Å². The summed E-state index contributed by atoms with van der Waals surface area (Å²) < 4.78 is 10.8. The van der Waals surface area contributed by atoms with Crippen molar-refractivity contribution >= 4 is 45.3 Å². The minimum atomic E-state index is -0.352. The van der Waals surface area contributed by atoms with Gasteiger partial charge in [0.15, 0.2) is 0 Å². The van der Waals surface area contributed by atoms with E-state index in [0.717, 1.165) is 27.1 Å². The number of hydrogen-bond acceptors (Lipinski definition) is 6. The summed E-state index contributed by atoms with van der Waals surface area (Å²) in [6.07, 6.45) is 0.612. The van der Waals surface area contributed by atoms with Gasteiger partial charge in [-0.3, -0.25) is 9.59 Å². The van der Waals surface area contributed by atoms with Gasteiger partial charge in [-0.05, 0) is 35.4 Å². The highest BCUT2D eigenvalue weighted by Crippen LogP contribution is 2.34. The van der Waals surface area contributed by atoms with Crippen LogP contribution in [0.15, 0.2) is 58.1 Å². The maximum Gasteiger partial charge on any atom is 0.315 e. The number of thioether (sulfide) groups is 1. The number of amides is 1. The zero-order chi connectivity index (χ0) is 20.8. The van der Waals surface area contributed by atoms with Crippen molar-refractivity contribution in [3.8, 4) is 5.75 Å². The summed E-state index contributed by atoms with van der Waals surface area (Å²) in [4.78, 5) is 24.2. The fourth-order valence-corrected chi connectivity index (χ4v) is 3.95. The third-order valence-corrected chi connectivity index (χ3v) is 5.94. The van der Waals surface area contributed by atoms with Crippen molar-refractivity contribution in [2.75, 3.05) is 25.7 Å². The number of rotatable bonds is 7. The smallest absolute Gasteiger partial charge is 0.315 e. The molecule has 0 aliphatic carbocycles. The van der Waals surface area contributed by atoms with Gasteiger partial charge in [0.05, 0.1) is 37.5 Å². The molecule has 3 rings (SSSR count). The second-order valence-electron chi connectivity index (χ2n) is 6.35. The van der Waals surface area contributed by atoms with E-state index < -0.39 is 0 Å². The third kappa shape index (κ3) is 5.39. The van der Waals surface area contributed by atoms with Crippen molar-refractivity contribution in [3.63, 3.8) is 0 Å². The molecular formula is C21H21BrN2O4S. The van der Waals surface area contributed by atoms with E-state index in [1.54, 1.807) is 7.11 Å². The van der Waals surface area contributed by atoms with Gasteiger partial charge in [0.2, 0.25) is 0 Å². The van der Waals surface area contributed by atoms with E-state index in [1.165, 1.54) is 23.9 Å². The number of methoxy groups -OCH3 is 2. The highest BCUT2D eigenvalue weighted by molar-refractivity contribution is 9.10. The van der Waals surface area contributed by atoms with Crippen LogP contribution in [0.1, 0.15) is 23.6 Å². The van der Waals surface area contributed by atoms with Crippen molar-refractivity contribution in [2.24, 2.45) is 5.10 Å². The Labute approximate surface area is 182 Å². The fourth-order valence-electron chi connectivity index (χ4n) is 2.99. The zero-order valence-electron chi connectivity index (χ0n) is 16.1. The average molecular weight is 477 g/mol. The summed E-state index contributed by atoms with van der Waals surface area (Å²) in [5.41, 5.74) is 2.81. The van der Waals surface area contributed by atoms with Gasteiger partial charge in [-0.2, -0.15) is 5.10 Å². The van der Waals surface area contributed by atoms with Crippen molar-refractivity contribution in [1.29, 1.82) is 0 Å². The highest BCUT2D eigenvalue weighted by Gasteiger charge is 2.33. The third-order valence-electron chi connectivity index (χ3n) is 4.52. The molecule has 0 saturated carbocycles. The molecule has 1 atom stereocenters. The van der Waals surface area contributed by atoms with Gasteiger partial charge in [-0.1, -0.05) is 40.2 Å². The van der Waals surface area contributed by atoms with Gasteiger partial charge in [0.25, 0.3) is 5.91 Å². The lowest BCUT2D eigenvalue weighted by atomic mass is 9.98. The van der Waals surface area contributed by atoms with E-state index in [1.807, 2.05) is 48.5 Å². The molecule has 2 aromatic rings. The first-order valence-corrected chi connectivity index (χ1v) is 10.9. The maximum atomic E-state index is 12.9. The summed E-state index contributed by atoms with van der Waals surface area (Å²) in [7, 11) is 2.95. The minimum Gasteiger partial charge on any atom is -0.497 e. The molecule has 2 aromatic carbocycles. The molecule has 1 aliphatic rings. The van der Waals surface area contributed by atoms with E-state index in [-0.39, 0.29) is 29.4 Å². The molecule has 0 fully saturated rings. The van der Waals surface area contributed by atoms with Crippen molar-refractivity contribution in [1.82, 2.24) is 5.01 Å². The Bertz CT molecular complexity index is 900. The Balaban J connectivity index is 1.82. The zero-order valence-corrected chi connectivity index (χ0v) is 18.5. The lowest BCUT2D eigenvalue weighted by Gasteiger charge is -2.22. The number of halogens is 1.